The van der Waals surface area contributed by atoms with Crippen molar-refractivity contribution in [2.75, 3.05) is 0 Å². The van der Waals surface area contributed by atoms with Crippen molar-refractivity contribution in [2.24, 2.45) is 0 Å². The van der Waals surface area contributed by atoms with Gasteiger partial charge < -0.3 is 15.3 Å². The first-order valence-corrected chi connectivity index (χ1v) is 6.32. The second-order valence-corrected chi connectivity index (χ2v) is 4.99. The van der Waals surface area contributed by atoms with Gasteiger partial charge in [0.2, 0.25) is 0 Å². The van der Waals surface area contributed by atoms with Gasteiger partial charge in [-0.15, -0.1) is 0 Å². The van der Waals surface area contributed by atoms with E-state index in [2.05, 4.69) is 22.6 Å². The molecule has 0 atom stereocenters. The van der Waals surface area contributed by atoms with Crippen molar-refractivity contribution in [1.82, 2.24) is 0 Å². The van der Waals surface area contributed by atoms with Crippen molar-refractivity contribution in [2.45, 2.75) is 0 Å². The van der Waals surface area contributed by atoms with E-state index in [-0.39, 0.29) is 17.2 Å². The predicted octanol–water partition coefficient (Wildman–Crippen LogP) is 3.58. The van der Waals surface area contributed by atoms with E-state index in [0.29, 0.717) is 5.56 Å². The molecule has 3 N–H and O–H groups in total. The number of benzene rings is 2. The van der Waals surface area contributed by atoms with Crippen LogP contribution < -0.4 is 0 Å². The summed E-state index contributed by atoms with van der Waals surface area (Å²) in [5.74, 6) is 0.299. The fourth-order valence-corrected chi connectivity index (χ4v) is 2.07. The Morgan fingerprint density at radius 1 is 0.778 bits per heavy atom. The van der Waals surface area contributed by atoms with Crippen LogP contribution in [-0.2, 0) is 0 Å². The molecule has 0 saturated heterocycles. The smallest absolute Gasteiger partial charge is 0.128 e. The largest absolute Gasteiger partial charge is 0.508 e. The van der Waals surface area contributed by atoms with Crippen LogP contribution >= 0.6 is 22.6 Å². The van der Waals surface area contributed by atoms with Gasteiger partial charge in [-0.3, -0.25) is 0 Å². The molecule has 0 heterocycles. The monoisotopic (exact) mass is 354 g/mol. The summed E-state index contributed by atoms with van der Waals surface area (Å²) in [6, 6.07) is 9.65. The number of phenols is 3. The van der Waals surface area contributed by atoms with Crippen LogP contribution in [-0.4, -0.2) is 15.3 Å². The number of hydrogen-bond acceptors (Lipinski definition) is 3. The highest BCUT2D eigenvalue weighted by Crippen LogP contribution is 2.24. The lowest BCUT2D eigenvalue weighted by atomic mass is 10.1. The molecule has 18 heavy (non-hydrogen) atoms. The van der Waals surface area contributed by atoms with E-state index in [1.807, 2.05) is 12.1 Å². The molecule has 2 rings (SSSR count). The zero-order valence-corrected chi connectivity index (χ0v) is 11.5. The topological polar surface area (TPSA) is 60.7 Å². The highest BCUT2D eigenvalue weighted by molar-refractivity contribution is 14.1. The molecule has 0 radical (unpaired) electrons. The third kappa shape index (κ3) is 3.16. The van der Waals surface area contributed by atoms with Crippen LogP contribution in [0.4, 0.5) is 0 Å². The molecule has 0 fully saturated rings. The minimum atomic E-state index is 0.0231. The van der Waals surface area contributed by atoms with Crippen molar-refractivity contribution in [3.8, 4) is 17.2 Å². The SMILES string of the molecule is Oc1cc(O)cc(/C=C/c2ccc(O)c(I)c2)c1. The molecular weight excluding hydrogens is 343 g/mol. The minimum absolute atomic E-state index is 0.0231. The molecule has 0 aromatic heterocycles. The summed E-state index contributed by atoms with van der Waals surface area (Å²) in [7, 11) is 0. The second kappa shape index (κ2) is 5.30. The first kappa shape index (κ1) is 12.8. The number of phenolic OH excluding ortho intramolecular Hbond substituents is 3. The van der Waals surface area contributed by atoms with E-state index < -0.39 is 0 Å². The van der Waals surface area contributed by atoms with Crippen molar-refractivity contribution in [3.63, 3.8) is 0 Å². The molecule has 0 aliphatic carbocycles. The molecule has 2 aromatic rings. The van der Waals surface area contributed by atoms with Crippen LogP contribution in [0, 0.1) is 3.57 Å². The highest BCUT2D eigenvalue weighted by atomic mass is 127. The molecule has 2 aromatic carbocycles. The number of halogens is 1. The predicted molar refractivity (Wildman–Crippen MR) is 79.5 cm³/mol. The minimum Gasteiger partial charge on any atom is -0.508 e. The molecule has 0 bridgehead atoms. The summed E-state index contributed by atoms with van der Waals surface area (Å²) in [4.78, 5) is 0. The van der Waals surface area contributed by atoms with E-state index >= 15 is 0 Å². The molecular formula is C14H11IO3. The summed E-state index contributed by atoms with van der Waals surface area (Å²) < 4.78 is 0.772. The Labute approximate surface area is 118 Å². The highest BCUT2D eigenvalue weighted by Gasteiger charge is 1.98. The van der Waals surface area contributed by atoms with Gasteiger partial charge in [0.05, 0.1) is 3.57 Å². The Hall–Kier alpha value is -1.69. The first-order chi connectivity index (χ1) is 8.54. The van der Waals surface area contributed by atoms with Gasteiger partial charge in [-0.1, -0.05) is 18.2 Å². The molecule has 0 amide bonds. The maximum absolute atomic E-state index is 9.40. The molecule has 92 valence electrons. The summed E-state index contributed by atoms with van der Waals surface area (Å²) in [6.45, 7) is 0. The standard InChI is InChI=1S/C14H11IO3/c15-13-7-9(3-4-14(13)18)1-2-10-5-11(16)8-12(17)6-10/h1-8,16-18H/b2-1+. The fourth-order valence-electron chi connectivity index (χ4n) is 1.53. The summed E-state index contributed by atoms with van der Waals surface area (Å²) in [6.07, 6.45) is 3.62. The molecule has 0 saturated carbocycles. The van der Waals surface area contributed by atoms with Crippen molar-refractivity contribution in [1.29, 1.82) is 0 Å². The zero-order valence-electron chi connectivity index (χ0n) is 9.34. The maximum atomic E-state index is 9.40. The molecule has 0 spiro atoms. The van der Waals surface area contributed by atoms with Gasteiger partial charge in [0, 0.05) is 6.07 Å². The molecule has 0 unspecified atom stereocenters. The summed E-state index contributed by atoms with van der Waals surface area (Å²) in [5, 5.41) is 28.1. The van der Waals surface area contributed by atoms with Gasteiger partial charge in [-0.2, -0.15) is 0 Å². The average Bonchev–Trinajstić information content (AvgIpc) is 2.29. The Kier molecular flexibility index (Phi) is 3.76. The number of aromatic hydroxyl groups is 3. The van der Waals surface area contributed by atoms with Gasteiger partial charge in [-0.05, 0) is 58.0 Å². The van der Waals surface area contributed by atoms with Gasteiger partial charge in [0.1, 0.15) is 17.2 Å². The van der Waals surface area contributed by atoms with Crippen LogP contribution in [0.1, 0.15) is 11.1 Å². The molecule has 4 heteroatoms. The number of hydrogen-bond donors (Lipinski definition) is 3. The lowest BCUT2D eigenvalue weighted by Crippen LogP contribution is -1.77. The van der Waals surface area contributed by atoms with Gasteiger partial charge >= 0.3 is 0 Å². The van der Waals surface area contributed by atoms with Gasteiger partial charge in [-0.25, -0.2) is 0 Å². The van der Waals surface area contributed by atoms with E-state index in [1.165, 1.54) is 6.07 Å². The van der Waals surface area contributed by atoms with Crippen LogP contribution in [0.2, 0.25) is 0 Å². The normalized spacial score (nSPS) is 10.9. The maximum Gasteiger partial charge on any atom is 0.128 e. The quantitative estimate of drug-likeness (QED) is 0.571. The van der Waals surface area contributed by atoms with Crippen LogP contribution in [0.15, 0.2) is 36.4 Å². The Morgan fingerprint density at radius 3 is 2.00 bits per heavy atom. The second-order valence-electron chi connectivity index (χ2n) is 3.83. The lowest BCUT2D eigenvalue weighted by molar-refractivity contribution is 0.450. The van der Waals surface area contributed by atoms with E-state index in [9.17, 15) is 15.3 Å². The van der Waals surface area contributed by atoms with Crippen LogP contribution in [0.5, 0.6) is 17.2 Å². The molecule has 3 nitrogen and oxygen atoms in total. The molecule has 0 aliphatic heterocycles. The third-order valence-electron chi connectivity index (χ3n) is 2.36. The van der Waals surface area contributed by atoms with Crippen molar-refractivity contribution >= 4 is 34.7 Å². The van der Waals surface area contributed by atoms with E-state index in [4.69, 9.17) is 0 Å². The summed E-state index contributed by atoms with van der Waals surface area (Å²) in [5.41, 5.74) is 1.63. The van der Waals surface area contributed by atoms with Crippen molar-refractivity contribution < 1.29 is 15.3 Å². The Bertz CT molecular complexity index is 586. The first-order valence-electron chi connectivity index (χ1n) is 5.24. The Balaban J connectivity index is 2.27. The van der Waals surface area contributed by atoms with Gasteiger partial charge in [0.15, 0.2) is 0 Å². The molecule has 0 aliphatic rings. The summed E-state index contributed by atoms with van der Waals surface area (Å²) >= 11 is 2.05. The fraction of sp³-hybridized carbons (Fsp3) is 0. The van der Waals surface area contributed by atoms with Crippen molar-refractivity contribution in [3.05, 3.63) is 51.1 Å². The van der Waals surface area contributed by atoms with Crippen LogP contribution in [0.3, 0.4) is 0 Å². The average molecular weight is 354 g/mol. The van der Waals surface area contributed by atoms with E-state index in [1.54, 1.807) is 30.3 Å². The van der Waals surface area contributed by atoms with Gasteiger partial charge in [0.25, 0.3) is 0 Å². The third-order valence-corrected chi connectivity index (χ3v) is 3.23. The zero-order chi connectivity index (χ0) is 13.1. The van der Waals surface area contributed by atoms with E-state index in [0.717, 1.165) is 9.13 Å². The van der Waals surface area contributed by atoms with Crippen LogP contribution in [0.25, 0.3) is 12.2 Å². The lowest BCUT2D eigenvalue weighted by Gasteiger charge is -2.00. The number of rotatable bonds is 2. The Morgan fingerprint density at radius 2 is 1.39 bits per heavy atom.